The maximum Gasteiger partial charge on any atom is 0.0716 e. The first-order valence-electron chi connectivity index (χ1n) is 8.65. The number of hydrogen-bond donors (Lipinski definition) is 0. The van der Waals surface area contributed by atoms with Gasteiger partial charge >= 0.3 is 0 Å². The summed E-state index contributed by atoms with van der Waals surface area (Å²) in [6, 6.07) is 9.11. The second kappa shape index (κ2) is 9.04. The first kappa shape index (κ1) is 16.3. The van der Waals surface area contributed by atoms with Crippen molar-refractivity contribution in [3.63, 3.8) is 0 Å². The number of hydrogen-bond acceptors (Lipinski definition) is 1. The van der Waals surface area contributed by atoms with Crippen molar-refractivity contribution < 1.29 is 4.74 Å². The highest BCUT2D eigenvalue weighted by Gasteiger charge is 2.21. The van der Waals surface area contributed by atoms with E-state index in [4.69, 9.17) is 4.74 Å². The molecule has 1 nitrogen and oxygen atoms in total. The van der Waals surface area contributed by atoms with E-state index in [2.05, 4.69) is 43.3 Å². The molecular formula is C20H30O. The Morgan fingerprint density at radius 3 is 2.33 bits per heavy atom. The van der Waals surface area contributed by atoms with Crippen LogP contribution in [-0.2, 0) is 11.3 Å². The monoisotopic (exact) mass is 286 g/mol. The lowest BCUT2D eigenvalue weighted by molar-refractivity contribution is 0.134. The second-order valence-corrected chi connectivity index (χ2v) is 6.21. The van der Waals surface area contributed by atoms with Crippen molar-refractivity contribution in [1.29, 1.82) is 0 Å². The number of allylic oxidation sites excluding steroid dienone is 2. The van der Waals surface area contributed by atoms with E-state index in [0.29, 0.717) is 0 Å². The van der Waals surface area contributed by atoms with Crippen LogP contribution in [0, 0.1) is 5.92 Å². The third-order valence-electron chi connectivity index (χ3n) is 4.64. The van der Waals surface area contributed by atoms with Gasteiger partial charge in [0.2, 0.25) is 0 Å². The lowest BCUT2D eigenvalue weighted by atomic mass is 9.77. The van der Waals surface area contributed by atoms with Gasteiger partial charge in [-0.1, -0.05) is 43.3 Å². The summed E-state index contributed by atoms with van der Waals surface area (Å²) in [5, 5.41) is 0. The zero-order valence-corrected chi connectivity index (χ0v) is 13.7. The Kier molecular flexibility index (Phi) is 7.02. The lowest BCUT2D eigenvalue weighted by Crippen LogP contribution is -2.12. The molecule has 1 saturated carbocycles. The minimum absolute atomic E-state index is 0.743. The molecule has 0 aliphatic heterocycles. The largest absolute Gasteiger partial charge is 0.377 e. The van der Waals surface area contributed by atoms with Crippen molar-refractivity contribution >= 4 is 0 Å². The molecule has 0 radical (unpaired) electrons. The van der Waals surface area contributed by atoms with Crippen molar-refractivity contribution in [3.8, 4) is 0 Å². The molecule has 0 bridgehead atoms. The average molecular weight is 286 g/mol. The van der Waals surface area contributed by atoms with Gasteiger partial charge in [0.25, 0.3) is 0 Å². The van der Waals surface area contributed by atoms with E-state index in [1.807, 2.05) is 6.92 Å². The molecule has 21 heavy (non-hydrogen) atoms. The molecule has 1 fully saturated rings. The van der Waals surface area contributed by atoms with E-state index < -0.39 is 0 Å². The summed E-state index contributed by atoms with van der Waals surface area (Å²) < 4.78 is 5.46. The SMILES string of the molecule is CCC=CC[C@H]1CC[C@H](c2ccc(COCC)cc2)CC1. The molecule has 2 rings (SSSR count). The van der Waals surface area contributed by atoms with Crippen LogP contribution >= 0.6 is 0 Å². The Morgan fingerprint density at radius 1 is 1.00 bits per heavy atom. The number of ether oxygens (including phenoxy) is 1. The molecule has 116 valence electrons. The highest BCUT2D eigenvalue weighted by molar-refractivity contribution is 5.25. The summed E-state index contributed by atoms with van der Waals surface area (Å²) in [5.74, 6) is 1.69. The van der Waals surface area contributed by atoms with Gasteiger partial charge in [0, 0.05) is 6.61 Å². The zero-order valence-electron chi connectivity index (χ0n) is 13.7. The van der Waals surface area contributed by atoms with Crippen molar-refractivity contribution in [1.82, 2.24) is 0 Å². The highest BCUT2D eigenvalue weighted by atomic mass is 16.5. The molecule has 1 heteroatoms. The van der Waals surface area contributed by atoms with Crippen LogP contribution in [-0.4, -0.2) is 6.61 Å². The van der Waals surface area contributed by atoms with E-state index in [-0.39, 0.29) is 0 Å². The number of benzene rings is 1. The van der Waals surface area contributed by atoms with Crippen molar-refractivity contribution in [2.24, 2.45) is 5.92 Å². The fourth-order valence-corrected chi connectivity index (χ4v) is 3.29. The molecular weight excluding hydrogens is 256 g/mol. The van der Waals surface area contributed by atoms with Gasteiger partial charge in [0.1, 0.15) is 0 Å². The summed E-state index contributed by atoms with van der Waals surface area (Å²) in [7, 11) is 0. The Hall–Kier alpha value is -1.08. The highest BCUT2D eigenvalue weighted by Crippen LogP contribution is 2.37. The topological polar surface area (TPSA) is 9.23 Å². The fourth-order valence-electron chi connectivity index (χ4n) is 3.29. The number of rotatable bonds is 7. The molecule has 1 aliphatic rings. The molecule has 1 aromatic carbocycles. The zero-order chi connectivity index (χ0) is 14.9. The standard InChI is InChI=1S/C20H30O/c1-3-5-6-7-17-8-12-19(13-9-17)20-14-10-18(11-15-20)16-21-4-2/h5-6,10-11,14-15,17,19H,3-4,7-9,12-13,16H2,1-2H3/t17-,19-. The predicted octanol–water partition coefficient (Wildman–Crippen LogP) is 5.85. The van der Waals surface area contributed by atoms with Crippen LogP contribution in [0.1, 0.15) is 69.4 Å². The molecule has 0 aromatic heterocycles. The Morgan fingerprint density at radius 2 is 1.71 bits per heavy atom. The molecule has 0 unspecified atom stereocenters. The summed E-state index contributed by atoms with van der Waals surface area (Å²) in [6.07, 6.45) is 12.6. The quantitative estimate of drug-likeness (QED) is 0.571. The Labute approximate surface area is 130 Å². The predicted molar refractivity (Wildman–Crippen MR) is 90.5 cm³/mol. The van der Waals surface area contributed by atoms with E-state index >= 15 is 0 Å². The maximum absolute atomic E-state index is 5.46. The van der Waals surface area contributed by atoms with Gasteiger partial charge in [-0.05, 0) is 68.4 Å². The van der Waals surface area contributed by atoms with Crippen molar-refractivity contribution in [2.75, 3.05) is 6.61 Å². The molecule has 0 N–H and O–H groups in total. The van der Waals surface area contributed by atoms with Crippen LogP contribution in [0.2, 0.25) is 0 Å². The van der Waals surface area contributed by atoms with Gasteiger partial charge in [-0.25, -0.2) is 0 Å². The van der Waals surface area contributed by atoms with Crippen molar-refractivity contribution in [2.45, 2.75) is 64.9 Å². The summed E-state index contributed by atoms with van der Waals surface area (Å²) in [4.78, 5) is 0. The Balaban J connectivity index is 1.80. The van der Waals surface area contributed by atoms with Crippen LogP contribution < -0.4 is 0 Å². The summed E-state index contributed by atoms with van der Waals surface area (Å²) >= 11 is 0. The maximum atomic E-state index is 5.46. The van der Waals surface area contributed by atoms with E-state index in [1.165, 1.54) is 49.7 Å². The molecule has 1 aliphatic carbocycles. The first-order valence-corrected chi connectivity index (χ1v) is 8.65. The van der Waals surface area contributed by atoms with Gasteiger partial charge in [0.05, 0.1) is 6.61 Å². The van der Waals surface area contributed by atoms with E-state index in [0.717, 1.165) is 25.0 Å². The van der Waals surface area contributed by atoms with Crippen LogP contribution in [0.15, 0.2) is 36.4 Å². The van der Waals surface area contributed by atoms with Gasteiger partial charge in [0.15, 0.2) is 0 Å². The van der Waals surface area contributed by atoms with Crippen LogP contribution in [0.5, 0.6) is 0 Å². The molecule has 0 heterocycles. The second-order valence-electron chi connectivity index (χ2n) is 6.21. The minimum Gasteiger partial charge on any atom is -0.377 e. The lowest BCUT2D eigenvalue weighted by Gasteiger charge is -2.28. The summed E-state index contributed by atoms with van der Waals surface area (Å²) in [5.41, 5.74) is 2.82. The molecule has 0 atom stereocenters. The Bertz CT molecular complexity index is 410. The molecule has 1 aromatic rings. The van der Waals surface area contributed by atoms with Crippen molar-refractivity contribution in [3.05, 3.63) is 47.5 Å². The molecule has 0 spiro atoms. The van der Waals surface area contributed by atoms with Crippen LogP contribution in [0.3, 0.4) is 0 Å². The third-order valence-corrected chi connectivity index (χ3v) is 4.64. The van der Waals surface area contributed by atoms with Gasteiger partial charge in [-0.2, -0.15) is 0 Å². The van der Waals surface area contributed by atoms with Crippen LogP contribution in [0.4, 0.5) is 0 Å². The van der Waals surface area contributed by atoms with E-state index in [9.17, 15) is 0 Å². The normalized spacial score (nSPS) is 22.8. The summed E-state index contributed by atoms with van der Waals surface area (Å²) in [6.45, 7) is 5.79. The van der Waals surface area contributed by atoms with E-state index in [1.54, 1.807) is 0 Å². The fraction of sp³-hybridized carbons (Fsp3) is 0.600. The molecule has 0 amide bonds. The average Bonchev–Trinajstić information content (AvgIpc) is 2.54. The smallest absolute Gasteiger partial charge is 0.0716 e. The van der Waals surface area contributed by atoms with Crippen LogP contribution in [0.25, 0.3) is 0 Å². The van der Waals surface area contributed by atoms with Gasteiger partial charge < -0.3 is 4.74 Å². The third kappa shape index (κ3) is 5.32. The molecule has 0 saturated heterocycles. The first-order chi connectivity index (χ1) is 10.3. The van der Waals surface area contributed by atoms with Gasteiger partial charge in [-0.3, -0.25) is 0 Å². The van der Waals surface area contributed by atoms with Gasteiger partial charge in [-0.15, -0.1) is 0 Å². The minimum atomic E-state index is 0.743.